The fourth-order valence-corrected chi connectivity index (χ4v) is 1.28. The molecule has 1 unspecified atom stereocenters. The van der Waals surface area contributed by atoms with Gasteiger partial charge in [0.1, 0.15) is 6.04 Å². The number of nitrogens with zero attached hydrogens (tertiary/aromatic N) is 1. The van der Waals surface area contributed by atoms with Crippen molar-refractivity contribution < 1.29 is 14.3 Å². The maximum absolute atomic E-state index is 11.3. The van der Waals surface area contributed by atoms with Crippen molar-refractivity contribution in [2.24, 2.45) is 0 Å². The zero-order valence-electron chi connectivity index (χ0n) is 9.87. The first-order chi connectivity index (χ1) is 7.06. The van der Waals surface area contributed by atoms with Crippen molar-refractivity contribution in [3.05, 3.63) is 0 Å². The van der Waals surface area contributed by atoms with Gasteiger partial charge in [0.2, 0.25) is 5.91 Å². The second-order valence-electron chi connectivity index (χ2n) is 3.22. The molecule has 5 nitrogen and oxygen atoms in total. The van der Waals surface area contributed by atoms with Crippen LogP contribution >= 0.6 is 0 Å². The predicted octanol–water partition coefficient (Wildman–Crippen LogP) is 0.00590. The Balaban J connectivity index is 4.23. The van der Waals surface area contributed by atoms with E-state index in [4.69, 9.17) is 0 Å². The highest BCUT2D eigenvalue weighted by Crippen LogP contribution is 2.00. The van der Waals surface area contributed by atoms with Crippen molar-refractivity contribution in [1.82, 2.24) is 10.2 Å². The van der Waals surface area contributed by atoms with Crippen molar-refractivity contribution in [2.45, 2.75) is 26.8 Å². The lowest BCUT2D eigenvalue weighted by atomic mass is 10.3. The number of hydrogen-bond acceptors (Lipinski definition) is 4. The molecule has 0 rings (SSSR count). The summed E-state index contributed by atoms with van der Waals surface area (Å²) in [5, 5.41) is 2.69. The molecule has 88 valence electrons. The largest absolute Gasteiger partial charge is 0.468 e. The zero-order chi connectivity index (χ0) is 11.8. The lowest BCUT2D eigenvalue weighted by Crippen LogP contribution is -2.45. The highest BCUT2D eigenvalue weighted by atomic mass is 16.5. The monoisotopic (exact) mass is 216 g/mol. The molecule has 0 aromatic rings. The summed E-state index contributed by atoms with van der Waals surface area (Å²) in [7, 11) is 1.35. The Morgan fingerprint density at radius 2 is 2.00 bits per heavy atom. The summed E-state index contributed by atoms with van der Waals surface area (Å²) in [5.74, 6) is -0.392. The average Bonchev–Trinajstić information content (AvgIpc) is 2.24. The maximum Gasteiger partial charge on any atom is 0.322 e. The van der Waals surface area contributed by atoms with Gasteiger partial charge in [-0.25, -0.2) is 0 Å². The Morgan fingerprint density at radius 1 is 1.40 bits per heavy atom. The molecule has 0 aromatic carbocycles. The van der Waals surface area contributed by atoms with Crippen LogP contribution in [0.15, 0.2) is 0 Å². The van der Waals surface area contributed by atoms with Gasteiger partial charge >= 0.3 is 5.97 Å². The second-order valence-corrected chi connectivity index (χ2v) is 3.22. The van der Waals surface area contributed by atoms with Crippen LogP contribution < -0.4 is 5.32 Å². The summed E-state index contributed by atoms with van der Waals surface area (Å²) in [4.78, 5) is 24.3. The summed E-state index contributed by atoms with van der Waals surface area (Å²) in [6.07, 6.45) is 0. The van der Waals surface area contributed by atoms with E-state index in [1.54, 1.807) is 11.8 Å². The van der Waals surface area contributed by atoms with E-state index < -0.39 is 0 Å². The molecule has 0 bridgehead atoms. The Kier molecular flexibility index (Phi) is 6.70. The first kappa shape index (κ1) is 13.9. The molecule has 5 heteroatoms. The molecule has 0 aliphatic rings. The summed E-state index contributed by atoms with van der Waals surface area (Å²) >= 11 is 0. The van der Waals surface area contributed by atoms with Gasteiger partial charge in [-0.15, -0.1) is 0 Å². The fourth-order valence-electron chi connectivity index (χ4n) is 1.28. The Labute approximate surface area is 90.8 Å². The number of hydrogen-bond donors (Lipinski definition) is 1. The number of likely N-dealkylation sites (N-methyl/N-ethyl adjacent to an activating group) is 2. The lowest BCUT2D eigenvalue weighted by Gasteiger charge is -2.24. The Hall–Kier alpha value is -1.10. The maximum atomic E-state index is 11.3. The van der Waals surface area contributed by atoms with Crippen LogP contribution in [0.25, 0.3) is 0 Å². The van der Waals surface area contributed by atoms with Gasteiger partial charge in [0, 0.05) is 6.54 Å². The second kappa shape index (κ2) is 7.23. The van der Waals surface area contributed by atoms with Gasteiger partial charge in [0.05, 0.1) is 13.7 Å². The van der Waals surface area contributed by atoms with E-state index in [2.05, 4.69) is 10.1 Å². The van der Waals surface area contributed by atoms with E-state index in [-0.39, 0.29) is 24.5 Å². The van der Waals surface area contributed by atoms with Crippen LogP contribution in [0.4, 0.5) is 0 Å². The molecule has 0 aliphatic carbocycles. The summed E-state index contributed by atoms with van der Waals surface area (Å²) in [6, 6.07) is -0.386. The fraction of sp³-hybridized carbons (Fsp3) is 0.800. The zero-order valence-corrected chi connectivity index (χ0v) is 9.87. The van der Waals surface area contributed by atoms with Crippen molar-refractivity contribution in [1.29, 1.82) is 0 Å². The molecule has 0 heterocycles. The minimum absolute atomic E-state index is 0.0740. The van der Waals surface area contributed by atoms with Gasteiger partial charge in [-0.1, -0.05) is 6.92 Å². The predicted molar refractivity (Wildman–Crippen MR) is 57.4 cm³/mol. The van der Waals surface area contributed by atoms with E-state index in [0.717, 1.165) is 0 Å². The number of amides is 1. The van der Waals surface area contributed by atoms with Crippen molar-refractivity contribution in [3.63, 3.8) is 0 Å². The molecule has 15 heavy (non-hydrogen) atoms. The number of methoxy groups -OCH3 is 1. The quantitative estimate of drug-likeness (QED) is 0.635. The molecule has 0 aromatic heterocycles. The molecular formula is C10H20N2O3. The number of ether oxygens (including phenoxy) is 1. The molecule has 1 atom stereocenters. The van der Waals surface area contributed by atoms with Gasteiger partial charge in [-0.2, -0.15) is 0 Å². The van der Waals surface area contributed by atoms with E-state index in [9.17, 15) is 9.59 Å². The number of carbonyl (C=O) groups is 2. The van der Waals surface area contributed by atoms with Crippen molar-refractivity contribution in [2.75, 3.05) is 26.7 Å². The van der Waals surface area contributed by atoms with E-state index in [1.807, 2.05) is 13.8 Å². The number of carbonyl (C=O) groups excluding carboxylic acids is 2. The number of rotatable bonds is 6. The van der Waals surface area contributed by atoms with E-state index in [1.165, 1.54) is 7.11 Å². The summed E-state index contributed by atoms with van der Waals surface area (Å²) in [6.45, 7) is 6.95. The van der Waals surface area contributed by atoms with E-state index in [0.29, 0.717) is 13.1 Å². The van der Waals surface area contributed by atoms with Gasteiger partial charge in [-0.05, 0) is 20.4 Å². The van der Waals surface area contributed by atoms with Gasteiger partial charge in [-0.3, -0.25) is 14.5 Å². The van der Waals surface area contributed by atoms with Crippen molar-refractivity contribution in [3.8, 4) is 0 Å². The van der Waals surface area contributed by atoms with Crippen LogP contribution in [0, 0.1) is 0 Å². The standard InChI is InChI=1S/C10H20N2O3/c1-5-11-9(13)7-12(6-2)8(3)10(14)15-4/h8H,5-7H2,1-4H3,(H,11,13). The SMILES string of the molecule is CCNC(=O)CN(CC)C(C)C(=O)OC. The molecule has 0 fully saturated rings. The molecular weight excluding hydrogens is 196 g/mol. The third-order valence-corrected chi connectivity index (χ3v) is 2.22. The smallest absolute Gasteiger partial charge is 0.322 e. The van der Waals surface area contributed by atoms with Gasteiger partial charge in [0.25, 0.3) is 0 Å². The highest BCUT2D eigenvalue weighted by molar-refractivity contribution is 5.80. The van der Waals surface area contributed by atoms with Crippen LogP contribution in [0.3, 0.4) is 0 Å². The van der Waals surface area contributed by atoms with Crippen LogP contribution in [0.1, 0.15) is 20.8 Å². The molecule has 1 N–H and O–H groups in total. The van der Waals surface area contributed by atoms with E-state index >= 15 is 0 Å². The van der Waals surface area contributed by atoms with Crippen LogP contribution in [-0.2, 0) is 14.3 Å². The first-order valence-corrected chi connectivity index (χ1v) is 5.15. The summed E-state index contributed by atoms with van der Waals surface area (Å²) in [5.41, 5.74) is 0. The van der Waals surface area contributed by atoms with Gasteiger partial charge in [0.15, 0.2) is 0 Å². The molecule has 0 saturated carbocycles. The lowest BCUT2D eigenvalue weighted by molar-refractivity contribution is -0.146. The van der Waals surface area contributed by atoms with Crippen LogP contribution in [0.2, 0.25) is 0 Å². The third kappa shape index (κ3) is 4.78. The number of nitrogens with one attached hydrogen (secondary N) is 1. The first-order valence-electron chi connectivity index (χ1n) is 5.15. The Morgan fingerprint density at radius 3 is 2.40 bits per heavy atom. The average molecular weight is 216 g/mol. The van der Waals surface area contributed by atoms with Crippen LogP contribution in [-0.4, -0.2) is 49.6 Å². The normalized spacial score (nSPS) is 12.3. The van der Waals surface area contributed by atoms with Gasteiger partial charge < -0.3 is 10.1 Å². The summed E-state index contributed by atoms with van der Waals surface area (Å²) < 4.78 is 4.62. The molecule has 0 spiro atoms. The number of esters is 1. The molecule has 0 saturated heterocycles. The highest BCUT2D eigenvalue weighted by Gasteiger charge is 2.22. The minimum Gasteiger partial charge on any atom is -0.468 e. The van der Waals surface area contributed by atoms with Crippen LogP contribution in [0.5, 0.6) is 0 Å². The molecule has 0 aliphatic heterocycles. The topological polar surface area (TPSA) is 58.6 Å². The Bertz CT molecular complexity index is 219. The molecule has 1 amide bonds. The third-order valence-electron chi connectivity index (χ3n) is 2.22. The minimum atomic E-state index is -0.386. The van der Waals surface area contributed by atoms with Crippen molar-refractivity contribution >= 4 is 11.9 Å². The molecule has 0 radical (unpaired) electrons.